The molecule has 7 heteroatoms. The van der Waals surface area contributed by atoms with Crippen LogP contribution in [-0.2, 0) is 14.3 Å². The molecule has 0 N–H and O–H groups in total. The zero-order chi connectivity index (χ0) is 14.7. The summed E-state index contributed by atoms with van der Waals surface area (Å²) >= 11 is 0. The zero-order valence-corrected chi connectivity index (χ0v) is 10.8. The zero-order valence-electron chi connectivity index (χ0n) is 10.8. The highest BCUT2D eigenvalue weighted by atomic mass is 19.1. The van der Waals surface area contributed by atoms with Gasteiger partial charge in [0.15, 0.2) is 6.04 Å². The van der Waals surface area contributed by atoms with Crippen LogP contribution in [0.4, 0.5) is 8.78 Å². The number of hydrogen-bond donors (Lipinski definition) is 0. The van der Waals surface area contributed by atoms with Crippen LogP contribution in [0.15, 0.2) is 18.2 Å². The van der Waals surface area contributed by atoms with E-state index in [2.05, 4.69) is 4.74 Å². The Labute approximate surface area is 114 Å². The second-order valence-electron chi connectivity index (χ2n) is 4.24. The molecule has 20 heavy (non-hydrogen) atoms. The predicted molar refractivity (Wildman–Crippen MR) is 64.0 cm³/mol. The first kappa shape index (κ1) is 14.4. The van der Waals surface area contributed by atoms with Gasteiger partial charge in [-0.3, -0.25) is 4.79 Å². The molecule has 0 saturated carbocycles. The Hall–Kier alpha value is -2.02. The second kappa shape index (κ2) is 5.96. The quantitative estimate of drug-likeness (QED) is 0.760. The SMILES string of the molecule is COC(=O)C1COCCN1C(=O)c1cc(F)ccc1F. The maximum absolute atomic E-state index is 13.6. The van der Waals surface area contributed by atoms with E-state index in [0.717, 1.165) is 23.1 Å². The molecule has 2 rings (SSSR count). The maximum Gasteiger partial charge on any atom is 0.331 e. The van der Waals surface area contributed by atoms with E-state index in [1.54, 1.807) is 0 Å². The Morgan fingerprint density at radius 1 is 1.40 bits per heavy atom. The minimum atomic E-state index is -0.955. The van der Waals surface area contributed by atoms with Crippen LogP contribution in [0.2, 0.25) is 0 Å². The fourth-order valence-corrected chi connectivity index (χ4v) is 1.99. The molecule has 0 spiro atoms. The molecule has 5 nitrogen and oxygen atoms in total. The number of halogens is 2. The number of carbonyl (C=O) groups excluding carboxylic acids is 2. The Bertz CT molecular complexity index is 535. The van der Waals surface area contributed by atoms with Gasteiger partial charge in [-0.2, -0.15) is 0 Å². The van der Waals surface area contributed by atoms with Crippen molar-refractivity contribution in [2.75, 3.05) is 26.9 Å². The van der Waals surface area contributed by atoms with Crippen molar-refractivity contribution >= 4 is 11.9 Å². The van der Waals surface area contributed by atoms with E-state index in [1.165, 1.54) is 7.11 Å². The molecule has 1 atom stereocenters. The molecule has 0 radical (unpaired) electrons. The number of hydrogen-bond acceptors (Lipinski definition) is 4. The Morgan fingerprint density at radius 3 is 2.85 bits per heavy atom. The molecule has 1 aromatic rings. The summed E-state index contributed by atoms with van der Waals surface area (Å²) in [7, 11) is 1.18. The molecule has 0 bridgehead atoms. The van der Waals surface area contributed by atoms with Crippen molar-refractivity contribution in [1.82, 2.24) is 4.90 Å². The van der Waals surface area contributed by atoms with Crippen molar-refractivity contribution in [1.29, 1.82) is 0 Å². The van der Waals surface area contributed by atoms with Gasteiger partial charge in [-0.15, -0.1) is 0 Å². The fraction of sp³-hybridized carbons (Fsp3) is 0.385. The summed E-state index contributed by atoms with van der Waals surface area (Å²) in [5.74, 6) is -2.99. The minimum absolute atomic E-state index is 0.0324. The standard InChI is InChI=1S/C13H13F2NO4/c1-19-13(18)11-7-20-5-4-16(11)12(17)9-6-8(14)2-3-10(9)15/h2-3,6,11H,4-5,7H2,1H3. The van der Waals surface area contributed by atoms with E-state index in [-0.39, 0.29) is 19.8 Å². The van der Waals surface area contributed by atoms with Crippen LogP contribution < -0.4 is 0 Å². The topological polar surface area (TPSA) is 55.8 Å². The van der Waals surface area contributed by atoms with Crippen molar-refractivity contribution in [3.63, 3.8) is 0 Å². The molecule has 1 aliphatic rings. The van der Waals surface area contributed by atoms with Gasteiger partial charge in [-0.05, 0) is 18.2 Å². The molecule has 1 amide bonds. The van der Waals surface area contributed by atoms with Gasteiger partial charge in [-0.25, -0.2) is 13.6 Å². The Balaban J connectivity index is 2.30. The van der Waals surface area contributed by atoms with E-state index < -0.39 is 35.1 Å². The summed E-state index contributed by atoms with van der Waals surface area (Å²) in [6.45, 7) is 0.292. The van der Waals surface area contributed by atoms with Gasteiger partial charge < -0.3 is 14.4 Å². The molecule has 1 fully saturated rings. The summed E-state index contributed by atoms with van der Waals surface area (Å²) in [6, 6.07) is 1.64. The summed E-state index contributed by atoms with van der Waals surface area (Å²) in [5, 5.41) is 0. The van der Waals surface area contributed by atoms with Gasteiger partial charge in [-0.1, -0.05) is 0 Å². The van der Waals surface area contributed by atoms with E-state index >= 15 is 0 Å². The van der Waals surface area contributed by atoms with Gasteiger partial charge >= 0.3 is 5.97 Å². The number of nitrogens with zero attached hydrogens (tertiary/aromatic N) is 1. The largest absolute Gasteiger partial charge is 0.467 e. The van der Waals surface area contributed by atoms with E-state index in [0.29, 0.717) is 0 Å². The highest BCUT2D eigenvalue weighted by Crippen LogP contribution is 2.17. The molecular formula is C13H13F2NO4. The van der Waals surface area contributed by atoms with Crippen molar-refractivity contribution < 1.29 is 27.8 Å². The monoisotopic (exact) mass is 285 g/mol. The first-order valence-electron chi connectivity index (χ1n) is 5.96. The maximum atomic E-state index is 13.6. The van der Waals surface area contributed by atoms with Crippen molar-refractivity contribution in [2.45, 2.75) is 6.04 Å². The highest BCUT2D eigenvalue weighted by molar-refractivity contribution is 5.97. The van der Waals surface area contributed by atoms with Crippen molar-refractivity contribution in [2.24, 2.45) is 0 Å². The summed E-state index contributed by atoms with van der Waals surface area (Å²) in [5.41, 5.74) is -0.416. The van der Waals surface area contributed by atoms with Crippen LogP contribution in [-0.4, -0.2) is 49.7 Å². The van der Waals surface area contributed by atoms with Crippen LogP contribution in [0.25, 0.3) is 0 Å². The average molecular weight is 285 g/mol. The number of benzene rings is 1. The Kier molecular flexibility index (Phi) is 4.29. The third kappa shape index (κ3) is 2.77. The van der Waals surface area contributed by atoms with Gasteiger partial charge in [0.05, 0.1) is 25.9 Å². The molecule has 1 aromatic carbocycles. The molecule has 1 unspecified atom stereocenters. The van der Waals surface area contributed by atoms with Gasteiger partial charge in [0.25, 0.3) is 5.91 Å². The number of amides is 1. The van der Waals surface area contributed by atoms with E-state index in [4.69, 9.17) is 4.74 Å². The number of morpholine rings is 1. The van der Waals surface area contributed by atoms with E-state index in [1.807, 2.05) is 0 Å². The van der Waals surface area contributed by atoms with Crippen LogP contribution in [0.5, 0.6) is 0 Å². The lowest BCUT2D eigenvalue weighted by molar-refractivity contribution is -0.151. The number of esters is 1. The molecule has 108 valence electrons. The minimum Gasteiger partial charge on any atom is -0.467 e. The van der Waals surface area contributed by atoms with Crippen LogP contribution >= 0.6 is 0 Å². The first-order chi connectivity index (χ1) is 9.54. The van der Waals surface area contributed by atoms with Crippen molar-refractivity contribution in [3.8, 4) is 0 Å². The van der Waals surface area contributed by atoms with Crippen LogP contribution in [0.3, 0.4) is 0 Å². The lowest BCUT2D eigenvalue weighted by Crippen LogP contribution is -2.53. The van der Waals surface area contributed by atoms with Gasteiger partial charge in [0.2, 0.25) is 0 Å². The lowest BCUT2D eigenvalue weighted by atomic mass is 10.1. The highest BCUT2D eigenvalue weighted by Gasteiger charge is 2.35. The van der Waals surface area contributed by atoms with Crippen LogP contribution in [0.1, 0.15) is 10.4 Å². The number of ether oxygens (including phenoxy) is 2. The number of methoxy groups -OCH3 is 1. The van der Waals surface area contributed by atoms with Crippen LogP contribution in [0, 0.1) is 11.6 Å². The second-order valence-corrected chi connectivity index (χ2v) is 4.24. The Morgan fingerprint density at radius 2 is 2.15 bits per heavy atom. The summed E-state index contributed by atoms with van der Waals surface area (Å²) < 4.78 is 36.5. The van der Waals surface area contributed by atoms with Crippen molar-refractivity contribution in [3.05, 3.63) is 35.4 Å². The summed E-state index contributed by atoms with van der Waals surface area (Å²) in [6.07, 6.45) is 0. The number of carbonyl (C=O) groups is 2. The fourth-order valence-electron chi connectivity index (χ4n) is 1.99. The molecule has 1 aliphatic heterocycles. The van der Waals surface area contributed by atoms with E-state index in [9.17, 15) is 18.4 Å². The van der Waals surface area contributed by atoms with Gasteiger partial charge in [0.1, 0.15) is 11.6 Å². The summed E-state index contributed by atoms with van der Waals surface area (Å²) in [4.78, 5) is 25.0. The lowest BCUT2D eigenvalue weighted by Gasteiger charge is -2.33. The first-order valence-corrected chi connectivity index (χ1v) is 5.96. The molecule has 1 saturated heterocycles. The number of rotatable bonds is 2. The molecule has 1 heterocycles. The normalized spacial score (nSPS) is 18.8. The third-order valence-corrected chi connectivity index (χ3v) is 3.02. The average Bonchev–Trinajstić information content (AvgIpc) is 2.48. The molecule has 0 aliphatic carbocycles. The third-order valence-electron chi connectivity index (χ3n) is 3.02. The molecule has 0 aromatic heterocycles. The smallest absolute Gasteiger partial charge is 0.331 e. The predicted octanol–water partition coefficient (Wildman–Crippen LogP) is 0.979. The molecular weight excluding hydrogens is 272 g/mol. The van der Waals surface area contributed by atoms with Gasteiger partial charge in [0, 0.05) is 6.54 Å².